The van der Waals surface area contributed by atoms with Crippen molar-refractivity contribution in [2.75, 3.05) is 20.2 Å². The molecule has 0 aliphatic carbocycles. The second-order valence-corrected chi connectivity index (χ2v) is 6.19. The minimum atomic E-state index is -0.171. The summed E-state index contributed by atoms with van der Waals surface area (Å²) in [5, 5.41) is 1.10. The number of nitrogens with one attached hydrogen (secondary N) is 1. The molecule has 1 saturated heterocycles. The van der Waals surface area contributed by atoms with Gasteiger partial charge in [0.2, 0.25) is 0 Å². The Hall–Kier alpha value is -2.30. The molecule has 122 valence electrons. The Morgan fingerprint density at radius 2 is 1.91 bits per heavy atom. The van der Waals surface area contributed by atoms with Crippen molar-refractivity contribution in [3.05, 3.63) is 35.0 Å². The van der Waals surface area contributed by atoms with Gasteiger partial charge in [-0.25, -0.2) is 0 Å². The van der Waals surface area contributed by atoms with E-state index in [1.165, 1.54) is 12.7 Å². The summed E-state index contributed by atoms with van der Waals surface area (Å²) in [4.78, 5) is 29.6. The number of hydrogen-bond acceptors (Lipinski definition) is 3. The summed E-state index contributed by atoms with van der Waals surface area (Å²) >= 11 is 0. The van der Waals surface area contributed by atoms with Crippen LogP contribution in [0.3, 0.4) is 0 Å². The van der Waals surface area contributed by atoms with Crippen molar-refractivity contribution >= 4 is 22.8 Å². The number of piperidine rings is 1. The molecule has 5 heteroatoms. The van der Waals surface area contributed by atoms with Gasteiger partial charge in [0.1, 0.15) is 0 Å². The summed E-state index contributed by atoms with van der Waals surface area (Å²) in [6.45, 7) is 5.26. The molecule has 1 N–H and O–H groups in total. The lowest BCUT2D eigenvalue weighted by atomic mass is 9.96. The normalized spacial score (nSPS) is 15.9. The molecule has 2 heterocycles. The highest BCUT2D eigenvalue weighted by molar-refractivity contribution is 6.06. The molecule has 0 saturated carbocycles. The maximum Gasteiger partial charge on any atom is 0.308 e. The molecular weight excluding hydrogens is 292 g/mol. The van der Waals surface area contributed by atoms with Gasteiger partial charge in [0, 0.05) is 24.2 Å². The van der Waals surface area contributed by atoms with E-state index in [1.54, 1.807) is 0 Å². The van der Waals surface area contributed by atoms with Crippen molar-refractivity contribution in [2.24, 2.45) is 5.92 Å². The molecule has 2 aromatic rings. The number of benzene rings is 1. The number of carbonyl (C=O) groups is 2. The smallest absolute Gasteiger partial charge is 0.308 e. The van der Waals surface area contributed by atoms with Crippen LogP contribution in [-0.4, -0.2) is 42.0 Å². The molecule has 3 rings (SSSR count). The zero-order chi connectivity index (χ0) is 16.6. The van der Waals surface area contributed by atoms with Crippen LogP contribution in [0.5, 0.6) is 0 Å². The van der Waals surface area contributed by atoms with Crippen LogP contribution in [0.2, 0.25) is 0 Å². The molecule has 1 aliphatic heterocycles. The number of carbonyl (C=O) groups excluding carboxylic acids is 2. The Morgan fingerprint density at radius 3 is 2.57 bits per heavy atom. The van der Waals surface area contributed by atoms with Gasteiger partial charge in [-0.3, -0.25) is 9.59 Å². The third kappa shape index (κ3) is 2.71. The van der Waals surface area contributed by atoms with E-state index in [-0.39, 0.29) is 17.8 Å². The van der Waals surface area contributed by atoms with Gasteiger partial charge in [-0.1, -0.05) is 12.1 Å². The molecule has 5 nitrogen and oxygen atoms in total. The van der Waals surface area contributed by atoms with Gasteiger partial charge in [-0.2, -0.15) is 0 Å². The first-order chi connectivity index (χ1) is 11.0. The van der Waals surface area contributed by atoms with E-state index in [0.29, 0.717) is 31.5 Å². The Morgan fingerprint density at radius 1 is 1.22 bits per heavy atom. The number of nitrogens with zero attached hydrogens (tertiary/aromatic N) is 1. The van der Waals surface area contributed by atoms with Gasteiger partial charge in [-0.05, 0) is 38.3 Å². The number of fused-ring (bicyclic) bond motifs is 1. The molecule has 0 bridgehead atoms. The van der Waals surface area contributed by atoms with E-state index in [4.69, 9.17) is 4.74 Å². The molecular formula is C18H22N2O3. The number of amides is 1. The Bertz CT molecular complexity index is 755. The number of likely N-dealkylation sites (tertiary alicyclic amines) is 1. The number of aryl methyl sites for hydroxylation is 2. The first kappa shape index (κ1) is 15.6. The van der Waals surface area contributed by atoms with Gasteiger partial charge in [0.15, 0.2) is 0 Å². The zero-order valence-electron chi connectivity index (χ0n) is 13.8. The molecule has 23 heavy (non-hydrogen) atoms. The lowest BCUT2D eigenvalue weighted by Gasteiger charge is -2.30. The Balaban J connectivity index is 1.82. The number of hydrogen-bond donors (Lipinski definition) is 1. The fourth-order valence-electron chi connectivity index (χ4n) is 3.32. The van der Waals surface area contributed by atoms with E-state index in [0.717, 1.165) is 16.6 Å². The van der Waals surface area contributed by atoms with Crippen LogP contribution in [0.15, 0.2) is 18.2 Å². The monoisotopic (exact) mass is 314 g/mol. The SMILES string of the molecule is COC(=O)C1CCN(C(=O)c2cccc3c(C)c(C)[nH]c23)CC1. The van der Waals surface area contributed by atoms with Crippen LogP contribution in [0.1, 0.15) is 34.5 Å². The Kier molecular flexibility index (Phi) is 4.11. The van der Waals surface area contributed by atoms with E-state index in [1.807, 2.05) is 30.0 Å². The molecule has 0 radical (unpaired) electrons. The number of para-hydroxylation sites is 1. The minimum absolute atomic E-state index is 0.0279. The minimum Gasteiger partial charge on any atom is -0.469 e. The summed E-state index contributed by atoms with van der Waals surface area (Å²) in [7, 11) is 1.41. The maximum atomic E-state index is 12.9. The predicted molar refractivity (Wildman–Crippen MR) is 88.4 cm³/mol. The highest BCUT2D eigenvalue weighted by Gasteiger charge is 2.29. The van der Waals surface area contributed by atoms with E-state index < -0.39 is 0 Å². The standard InChI is InChI=1S/C18H22N2O3/c1-11-12(2)19-16-14(11)5-4-6-15(16)17(21)20-9-7-13(8-10-20)18(22)23-3/h4-6,13,19H,7-10H2,1-3H3. The first-order valence-electron chi connectivity index (χ1n) is 7.98. The molecule has 0 atom stereocenters. The van der Waals surface area contributed by atoms with Crippen LogP contribution in [0.4, 0.5) is 0 Å². The largest absolute Gasteiger partial charge is 0.469 e. The van der Waals surface area contributed by atoms with Crippen molar-refractivity contribution in [1.82, 2.24) is 9.88 Å². The number of methoxy groups -OCH3 is 1. The second kappa shape index (κ2) is 6.07. The molecule has 1 aromatic carbocycles. The summed E-state index contributed by atoms with van der Waals surface area (Å²) in [5.41, 5.74) is 3.88. The first-order valence-corrected chi connectivity index (χ1v) is 7.98. The molecule has 0 spiro atoms. The number of H-pyrrole nitrogens is 1. The second-order valence-electron chi connectivity index (χ2n) is 6.19. The fraction of sp³-hybridized carbons (Fsp3) is 0.444. The van der Waals surface area contributed by atoms with E-state index in [2.05, 4.69) is 11.9 Å². The van der Waals surface area contributed by atoms with Crippen molar-refractivity contribution < 1.29 is 14.3 Å². The van der Waals surface area contributed by atoms with Crippen LogP contribution in [0.25, 0.3) is 10.9 Å². The number of esters is 1. The molecule has 1 aliphatic rings. The number of ether oxygens (including phenoxy) is 1. The van der Waals surface area contributed by atoms with Crippen LogP contribution < -0.4 is 0 Å². The Labute approximate surface area is 135 Å². The lowest BCUT2D eigenvalue weighted by molar-refractivity contribution is -0.146. The third-order valence-electron chi connectivity index (χ3n) is 4.89. The summed E-state index contributed by atoms with van der Waals surface area (Å²) in [6.07, 6.45) is 1.33. The lowest BCUT2D eigenvalue weighted by Crippen LogP contribution is -2.40. The van der Waals surface area contributed by atoms with Crippen LogP contribution in [-0.2, 0) is 9.53 Å². The number of rotatable bonds is 2. The quantitative estimate of drug-likeness (QED) is 0.867. The highest BCUT2D eigenvalue weighted by Crippen LogP contribution is 2.26. The van der Waals surface area contributed by atoms with E-state index >= 15 is 0 Å². The van der Waals surface area contributed by atoms with Gasteiger partial charge in [-0.15, -0.1) is 0 Å². The van der Waals surface area contributed by atoms with Gasteiger partial charge in [0.25, 0.3) is 5.91 Å². The van der Waals surface area contributed by atoms with Crippen molar-refractivity contribution in [3.8, 4) is 0 Å². The highest BCUT2D eigenvalue weighted by atomic mass is 16.5. The average molecular weight is 314 g/mol. The summed E-state index contributed by atoms with van der Waals surface area (Å²) in [6, 6.07) is 5.83. The van der Waals surface area contributed by atoms with Crippen LogP contribution in [0, 0.1) is 19.8 Å². The summed E-state index contributed by atoms with van der Waals surface area (Å²) in [5.74, 6) is -0.232. The molecule has 1 aromatic heterocycles. The maximum absolute atomic E-state index is 12.9. The molecule has 0 unspecified atom stereocenters. The average Bonchev–Trinajstić information content (AvgIpc) is 2.88. The molecule has 1 amide bonds. The topological polar surface area (TPSA) is 62.4 Å². The molecule has 1 fully saturated rings. The van der Waals surface area contributed by atoms with E-state index in [9.17, 15) is 9.59 Å². The van der Waals surface area contributed by atoms with Gasteiger partial charge < -0.3 is 14.6 Å². The van der Waals surface area contributed by atoms with Crippen molar-refractivity contribution in [1.29, 1.82) is 0 Å². The van der Waals surface area contributed by atoms with Gasteiger partial charge >= 0.3 is 5.97 Å². The third-order valence-corrected chi connectivity index (χ3v) is 4.89. The number of aromatic nitrogens is 1. The summed E-state index contributed by atoms with van der Waals surface area (Å²) < 4.78 is 4.80. The van der Waals surface area contributed by atoms with Gasteiger partial charge in [0.05, 0.1) is 24.1 Å². The van der Waals surface area contributed by atoms with Crippen molar-refractivity contribution in [2.45, 2.75) is 26.7 Å². The van der Waals surface area contributed by atoms with Crippen molar-refractivity contribution in [3.63, 3.8) is 0 Å². The fourth-order valence-corrected chi connectivity index (χ4v) is 3.32. The van der Waals surface area contributed by atoms with Crippen LogP contribution >= 0.6 is 0 Å². The number of aromatic amines is 1. The predicted octanol–water partition coefficient (Wildman–Crippen LogP) is 2.81. The zero-order valence-corrected chi connectivity index (χ0v) is 13.8.